The number of methoxy groups -OCH3 is 2. The standard InChI is InChI=1S/C35H49F3O12S/c1-9-10-11-12-13-14-15-21-16-25-28(40)27(23(21)17-22-20-47-33(5,6)48-22)29(50-51(43,44)35(36,37)38)24(30(41)45-7)18-34(25,31(42)46-8)19-26(39)49-32(2,3)4/h9-10,16,21-23,27H,11-15,17-20H2,1-8H3/b10-9+/t21-,22-,23+,27+,34-/m0/s1. The Balaban J connectivity index is 2.39. The summed E-state index contributed by atoms with van der Waals surface area (Å²) < 4.78 is 99.2. The van der Waals surface area contributed by atoms with Crippen LogP contribution in [-0.2, 0) is 57.2 Å². The summed E-state index contributed by atoms with van der Waals surface area (Å²) >= 11 is 0. The molecule has 12 nitrogen and oxygen atoms in total. The lowest BCUT2D eigenvalue weighted by Gasteiger charge is -2.40. The molecule has 0 aromatic rings. The summed E-state index contributed by atoms with van der Waals surface area (Å²) in [6, 6.07) is 0. The number of carbonyl (C=O) groups is 4. The fourth-order valence-corrected chi connectivity index (χ4v) is 7.52. The Labute approximate surface area is 297 Å². The van der Waals surface area contributed by atoms with Gasteiger partial charge in [0.2, 0.25) is 0 Å². The second-order valence-corrected chi connectivity index (χ2v) is 16.0. The molecule has 2 aliphatic carbocycles. The van der Waals surface area contributed by atoms with Crippen LogP contribution in [0.1, 0.15) is 92.9 Å². The van der Waals surface area contributed by atoms with Crippen LogP contribution in [0.2, 0.25) is 0 Å². The molecule has 1 fully saturated rings. The highest BCUT2D eigenvalue weighted by atomic mass is 32.2. The molecule has 0 unspecified atom stereocenters. The number of fused-ring (bicyclic) bond motifs is 2. The maximum atomic E-state index is 14.8. The van der Waals surface area contributed by atoms with Gasteiger partial charge in [0.05, 0.1) is 44.8 Å². The smallest absolute Gasteiger partial charge is 0.468 e. The van der Waals surface area contributed by atoms with Gasteiger partial charge in [-0.2, -0.15) is 21.6 Å². The monoisotopic (exact) mass is 750 g/mol. The summed E-state index contributed by atoms with van der Waals surface area (Å²) in [5, 5.41) is 0. The lowest BCUT2D eigenvalue weighted by atomic mass is 9.63. The largest absolute Gasteiger partial charge is 0.534 e. The van der Waals surface area contributed by atoms with Crippen LogP contribution in [0.5, 0.6) is 0 Å². The Morgan fingerprint density at radius 1 is 1.06 bits per heavy atom. The zero-order valence-corrected chi connectivity index (χ0v) is 31.2. The van der Waals surface area contributed by atoms with Gasteiger partial charge in [0.15, 0.2) is 11.6 Å². The van der Waals surface area contributed by atoms with E-state index < -0.39 is 104 Å². The Bertz CT molecular complexity index is 1540. The minimum absolute atomic E-state index is 0.0302. The van der Waals surface area contributed by atoms with Crippen LogP contribution >= 0.6 is 0 Å². The Morgan fingerprint density at radius 3 is 2.25 bits per heavy atom. The highest BCUT2D eigenvalue weighted by Gasteiger charge is 2.60. The molecular weight excluding hydrogens is 701 g/mol. The van der Waals surface area contributed by atoms with E-state index in [-0.39, 0.29) is 18.6 Å². The highest BCUT2D eigenvalue weighted by Crippen LogP contribution is 2.54. The lowest BCUT2D eigenvalue weighted by Crippen LogP contribution is -2.46. The summed E-state index contributed by atoms with van der Waals surface area (Å²) in [5.41, 5.74) is -10.5. The van der Waals surface area contributed by atoms with Crippen molar-refractivity contribution in [3.8, 4) is 0 Å². The number of Topliss-reactive ketones (excluding diaryl/α,β-unsaturated/α-hetero) is 1. The van der Waals surface area contributed by atoms with Gasteiger partial charge in [-0.15, -0.1) is 0 Å². The number of allylic oxidation sites excluding steroid dienone is 4. The summed E-state index contributed by atoms with van der Waals surface area (Å²) in [5.74, 6) is -10.3. The van der Waals surface area contributed by atoms with E-state index in [0.717, 1.165) is 33.5 Å². The van der Waals surface area contributed by atoms with Gasteiger partial charge >= 0.3 is 33.5 Å². The molecule has 2 bridgehead atoms. The zero-order chi connectivity index (χ0) is 38.6. The molecule has 16 heteroatoms. The number of alkyl halides is 3. The predicted molar refractivity (Wildman–Crippen MR) is 176 cm³/mol. The van der Waals surface area contributed by atoms with E-state index in [1.807, 2.05) is 19.1 Å². The zero-order valence-electron chi connectivity index (χ0n) is 30.3. The molecule has 1 saturated heterocycles. The third kappa shape index (κ3) is 10.0. The predicted octanol–water partition coefficient (Wildman–Crippen LogP) is 6.00. The molecule has 0 N–H and O–H groups in total. The van der Waals surface area contributed by atoms with Crippen molar-refractivity contribution in [3.05, 3.63) is 35.1 Å². The van der Waals surface area contributed by atoms with Crippen LogP contribution in [0.3, 0.4) is 0 Å². The average molecular weight is 751 g/mol. The molecule has 51 heavy (non-hydrogen) atoms. The molecule has 0 saturated carbocycles. The van der Waals surface area contributed by atoms with Crippen molar-refractivity contribution in [1.29, 1.82) is 0 Å². The molecule has 0 spiro atoms. The summed E-state index contributed by atoms with van der Waals surface area (Å²) in [7, 11) is -4.62. The lowest BCUT2D eigenvalue weighted by molar-refractivity contribution is -0.165. The number of hydrogen-bond acceptors (Lipinski definition) is 12. The first kappa shape index (κ1) is 42.2. The van der Waals surface area contributed by atoms with Crippen LogP contribution in [0.25, 0.3) is 0 Å². The third-order valence-corrected chi connectivity index (χ3v) is 10.1. The average Bonchev–Trinajstić information content (AvgIpc) is 3.33. The maximum Gasteiger partial charge on any atom is 0.534 e. The number of halogens is 3. The van der Waals surface area contributed by atoms with Gasteiger partial charge in [-0.1, -0.05) is 31.1 Å². The molecule has 288 valence electrons. The first-order valence-electron chi connectivity index (χ1n) is 16.8. The number of ether oxygens (including phenoxy) is 5. The summed E-state index contributed by atoms with van der Waals surface area (Å²) in [4.78, 5) is 55.6. The van der Waals surface area contributed by atoms with E-state index in [9.17, 15) is 40.8 Å². The second-order valence-electron chi connectivity index (χ2n) is 14.5. The van der Waals surface area contributed by atoms with Crippen LogP contribution < -0.4 is 0 Å². The maximum absolute atomic E-state index is 14.8. The van der Waals surface area contributed by atoms with Gasteiger partial charge in [0.25, 0.3) is 0 Å². The molecule has 0 amide bonds. The minimum Gasteiger partial charge on any atom is -0.468 e. The van der Waals surface area contributed by atoms with E-state index in [1.165, 1.54) is 6.08 Å². The molecule has 0 aromatic heterocycles. The number of rotatable bonds is 14. The normalized spacial score (nSPS) is 26.8. The SMILES string of the molecule is C/C=C/CCCCC[C@H]1C=C2C(=O)[C@H](C(OS(=O)(=O)C(F)(F)F)=C(C(=O)OC)C[C@@]2(CC(=O)OC(C)(C)C)C(=O)OC)[C@@H]1C[C@H]1COC(C)(C)O1. The summed E-state index contributed by atoms with van der Waals surface area (Å²) in [6.07, 6.45) is 6.09. The van der Waals surface area contributed by atoms with Crippen LogP contribution in [-0.4, -0.2) is 75.9 Å². The van der Waals surface area contributed by atoms with E-state index in [0.29, 0.717) is 12.8 Å². The van der Waals surface area contributed by atoms with Gasteiger partial charge in [0.1, 0.15) is 16.8 Å². The van der Waals surface area contributed by atoms with Crippen LogP contribution in [0, 0.1) is 23.2 Å². The Hall–Kier alpha value is -3.24. The van der Waals surface area contributed by atoms with Crippen molar-refractivity contribution < 1.29 is 68.6 Å². The molecule has 1 heterocycles. The Kier molecular flexibility index (Phi) is 13.4. The van der Waals surface area contributed by atoms with Crippen LogP contribution in [0.15, 0.2) is 35.1 Å². The quantitative estimate of drug-likeness (QED) is 0.0510. The molecular formula is C35H49F3O12S. The van der Waals surface area contributed by atoms with Crippen molar-refractivity contribution in [1.82, 2.24) is 0 Å². The first-order valence-corrected chi connectivity index (χ1v) is 18.2. The van der Waals surface area contributed by atoms with E-state index >= 15 is 0 Å². The van der Waals surface area contributed by atoms with E-state index in [2.05, 4.69) is 0 Å². The topological polar surface area (TPSA) is 158 Å². The molecule has 3 rings (SSSR count). The number of esters is 3. The Morgan fingerprint density at radius 2 is 1.73 bits per heavy atom. The molecule has 1 aliphatic heterocycles. The van der Waals surface area contributed by atoms with Gasteiger partial charge in [0, 0.05) is 12.0 Å². The van der Waals surface area contributed by atoms with Gasteiger partial charge in [-0.25, -0.2) is 4.79 Å². The molecule has 5 atom stereocenters. The van der Waals surface area contributed by atoms with Crippen molar-refractivity contribution in [2.75, 3.05) is 20.8 Å². The second kappa shape index (κ2) is 16.2. The molecule has 3 aliphatic rings. The fraction of sp³-hybridized carbons (Fsp3) is 0.714. The van der Waals surface area contributed by atoms with Gasteiger partial charge < -0.3 is 27.9 Å². The van der Waals surface area contributed by atoms with Gasteiger partial charge in [-0.3, -0.25) is 14.4 Å². The van der Waals surface area contributed by atoms with Crippen molar-refractivity contribution in [3.63, 3.8) is 0 Å². The summed E-state index contributed by atoms with van der Waals surface area (Å²) in [6.45, 7) is 9.94. The molecule has 0 aromatic carbocycles. The minimum atomic E-state index is -6.48. The van der Waals surface area contributed by atoms with Crippen molar-refractivity contribution in [2.24, 2.45) is 23.2 Å². The van der Waals surface area contributed by atoms with E-state index in [4.69, 9.17) is 27.9 Å². The van der Waals surface area contributed by atoms with Crippen molar-refractivity contribution in [2.45, 2.75) is 116 Å². The first-order chi connectivity index (χ1) is 23.5. The highest BCUT2D eigenvalue weighted by molar-refractivity contribution is 7.87. The van der Waals surface area contributed by atoms with Crippen LogP contribution in [0.4, 0.5) is 13.2 Å². The number of ketones is 1. The number of hydrogen-bond donors (Lipinski definition) is 0. The molecule has 0 radical (unpaired) electrons. The number of carbonyl (C=O) groups excluding carboxylic acids is 4. The third-order valence-electron chi connectivity index (χ3n) is 9.08. The van der Waals surface area contributed by atoms with E-state index in [1.54, 1.807) is 34.6 Å². The fourth-order valence-electron chi connectivity index (χ4n) is 6.98. The van der Waals surface area contributed by atoms with Crippen molar-refractivity contribution >= 4 is 33.8 Å². The van der Waals surface area contributed by atoms with Gasteiger partial charge in [-0.05, 0) is 79.1 Å². The number of unbranched alkanes of at least 4 members (excludes halogenated alkanes) is 3.